The first-order chi connectivity index (χ1) is 12.7. The lowest BCUT2D eigenvalue weighted by atomic mass is 10.0. The zero-order valence-electron chi connectivity index (χ0n) is 14.9. The van der Waals surface area contributed by atoms with Crippen molar-refractivity contribution in [1.82, 2.24) is 25.1 Å². The van der Waals surface area contributed by atoms with Crippen molar-refractivity contribution in [2.45, 2.75) is 45.2 Å². The van der Waals surface area contributed by atoms with Crippen LogP contribution in [0.5, 0.6) is 0 Å². The average Bonchev–Trinajstić information content (AvgIpc) is 3.36. The van der Waals surface area contributed by atoms with Gasteiger partial charge in [-0.05, 0) is 38.2 Å². The maximum absolute atomic E-state index is 12.9. The van der Waals surface area contributed by atoms with Gasteiger partial charge < -0.3 is 9.88 Å². The molecule has 0 fully saturated rings. The van der Waals surface area contributed by atoms with Gasteiger partial charge in [0.15, 0.2) is 5.69 Å². The molecule has 0 saturated carbocycles. The quantitative estimate of drug-likeness (QED) is 0.718. The Balaban J connectivity index is 1.52. The second kappa shape index (κ2) is 7.15. The first-order valence-corrected chi connectivity index (χ1v) is 9.12. The summed E-state index contributed by atoms with van der Waals surface area (Å²) in [6.45, 7) is 2.79. The largest absolute Gasteiger partial charge is 0.344 e. The van der Waals surface area contributed by atoms with Gasteiger partial charge in [0.25, 0.3) is 5.91 Å². The molecule has 0 spiro atoms. The van der Waals surface area contributed by atoms with Gasteiger partial charge in [-0.3, -0.25) is 9.89 Å². The zero-order chi connectivity index (χ0) is 17.9. The fourth-order valence-electron chi connectivity index (χ4n) is 3.65. The van der Waals surface area contributed by atoms with Crippen molar-refractivity contribution >= 4 is 5.91 Å². The molecule has 1 amide bonds. The van der Waals surface area contributed by atoms with Gasteiger partial charge >= 0.3 is 0 Å². The van der Waals surface area contributed by atoms with Crippen LogP contribution < -0.4 is 5.32 Å². The van der Waals surface area contributed by atoms with Crippen molar-refractivity contribution in [3.05, 3.63) is 71.1 Å². The summed E-state index contributed by atoms with van der Waals surface area (Å²) >= 11 is 0. The van der Waals surface area contributed by atoms with Gasteiger partial charge in [-0.25, -0.2) is 4.98 Å². The minimum atomic E-state index is -0.0967. The highest BCUT2D eigenvalue weighted by Gasteiger charge is 2.25. The molecule has 134 valence electrons. The number of hydrogen-bond acceptors (Lipinski definition) is 3. The maximum atomic E-state index is 12.9. The number of aryl methyl sites for hydroxylation is 3. The Morgan fingerprint density at radius 2 is 2.15 bits per heavy atom. The summed E-state index contributed by atoms with van der Waals surface area (Å²) in [4.78, 5) is 17.1. The van der Waals surface area contributed by atoms with Gasteiger partial charge in [-0.15, -0.1) is 0 Å². The molecule has 0 bridgehead atoms. The number of hydrogen-bond donors (Lipinski definition) is 2. The van der Waals surface area contributed by atoms with Crippen LogP contribution in [-0.2, 0) is 19.4 Å². The number of amides is 1. The highest BCUT2D eigenvalue weighted by atomic mass is 16.2. The summed E-state index contributed by atoms with van der Waals surface area (Å²) in [7, 11) is 0. The van der Waals surface area contributed by atoms with Crippen molar-refractivity contribution in [3.8, 4) is 0 Å². The fourth-order valence-corrected chi connectivity index (χ4v) is 3.65. The number of fused-ring (bicyclic) bond motifs is 1. The Hall–Kier alpha value is -2.89. The molecule has 6 heteroatoms. The van der Waals surface area contributed by atoms with Crippen LogP contribution in [-0.4, -0.2) is 25.7 Å². The topological polar surface area (TPSA) is 75.6 Å². The van der Waals surface area contributed by atoms with Crippen molar-refractivity contribution in [2.24, 2.45) is 0 Å². The Kier molecular flexibility index (Phi) is 4.56. The second-order valence-electron chi connectivity index (χ2n) is 6.78. The maximum Gasteiger partial charge on any atom is 0.272 e. The minimum Gasteiger partial charge on any atom is -0.344 e. The van der Waals surface area contributed by atoms with E-state index >= 15 is 0 Å². The van der Waals surface area contributed by atoms with E-state index in [2.05, 4.69) is 37.2 Å². The number of carbonyl (C=O) groups is 1. The van der Waals surface area contributed by atoms with E-state index in [1.807, 2.05) is 31.3 Å². The van der Waals surface area contributed by atoms with Crippen molar-refractivity contribution < 1.29 is 4.79 Å². The molecule has 0 unspecified atom stereocenters. The summed E-state index contributed by atoms with van der Waals surface area (Å²) in [6.07, 6.45) is 7.57. The molecule has 1 aliphatic rings. The summed E-state index contributed by atoms with van der Waals surface area (Å²) in [5, 5.41) is 10.5. The lowest BCUT2D eigenvalue weighted by Gasteiger charge is -2.20. The molecule has 26 heavy (non-hydrogen) atoms. The van der Waals surface area contributed by atoms with Crippen LogP contribution >= 0.6 is 0 Å². The number of nitrogens with one attached hydrogen (secondary N) is 2. The molecule has 2 N–H and O–H groups in total. The van der Waals surface area contributed by atoms with Crippen molar-refractivity contribution in [3.63, 3.8) is 0 Å². The predicted octanol–water partition coefficient (Wildman–Crippen LogP) is 2.96. The van der Waals surface area contributed by atoms with Gasteiger partial charge in [0.2, 0.25) is 0 Å². The number of nitrogens with zero attached hydrogens (tertiary/aromatic N) is 3. The lowest BCUT2D eigenvalue weighted by molar-refractivity contribution is 0.0927. The highest BCUT2D eigenvalue weighted by molar-refractivity contribution is 5.94. The monoisotopic (exact) mass is 349 g/mol. The first kappa shape index (κ1) is 16.6. The number of carbonyl (C=O) groups excluding carboxylic acids is 1. The summed E-state index contributed by atoms with van der Waals surface area (Å²) in [5.41, 5.74) is 3.85. The molecular formula is C20H23N5O. The van der Waals surface area contributed by atoms with Crippen LogP contribution in [0.2, 0.25) is 0 Å². The molecule has 0 saturated heterocycles. The van der Waals surface area contributed by atoms with E-state index in [-0.39, 0.29) is 11.9 Å². The molecule has 6 nitrogen and oxygen atoms in total. The Morgan fingerprint density at radius 1 is 1.31 bits per heavy atom. The van der Waals surface area contributed by atoms with E-state index in [0.717, 1.165) is 54.9 Å². The number of benzene rings is 1. The van der Waals surface area contributed by atoms with Crippen molar-refractivity contribution in [2.75, 3.05) is 0 Å². The number of aromatic nitrogens is 4. The third-order valence-corrected chi connectivity index (χ3v) is 5.11. The van der Waals surface area contributed by atoms with Crippen LogP contribution in [0, 0.1) is 6.92 Å². The number of imidazole rings is 1. The summed E-state index contributed by atoms with van der Waals surface area (Å²) in [5.74, 6) is 0.883. The summed E-state index contributed by atoms with van der Waals surface area (Å²) < 4.78 is 2.11. The summed E-state index contributed by atoms with van der Waals surface area (Å²) in [6, 6.07) is 10.0. The molecule has 1 atom stereocenters. The van der Waals surface area contributed by atoms with E-state index in [9.17, 15) is 4.79 Å². The smallest absolute Gasteiger partial charge is 0.272 e. The number of aromatic amines is 1. The molecule has 3 aromatic rings. The van der Waals surface area contributed by atoms with Gasteiger partial charge in [0.1, 0.15) is 5.82 Å². The second-order valence-corrected chi connectivity index (χ2v) is 6.78. The van der Waals surface area contributed by atoms with Gasteiger partial charge in [-0.2, -0.15) is 5.10 Å². The molecule has 2 heterocycles. The normalized spacial score (nSPS) is 14.2. The van der Waals surface area contributed by atoms with Crippen LogP contribution in [0.25, 0.3) is 0 Å². The van der Waals surface area contributed by atoms with Crippen LogP contribution in [0.3, 0.4) is 0 Å². The molecule has 1 aromatic carbocycles. The Morgan fingerprint density at radius 3 is 2.92 bits per heavy atom. The molecule has 4 rings (SSSR count). The fraction of sp³-hybridized carbons (Fsp3) is 0.350. The standard InChI is InChI=1S/C20H23N5O/c1-14-21-11-13-25(14)12-10-17(15-6-3-2-4-7-15)22-20(26)19-16-8-5-9-18(16)23-24-19/h2-4,6-7,11,13,17H,5,8-10,12H2,1H3,(H,22,26)(H,23,24)/t17-/m1/s1. The minimum absolute atomic E-state index is 0.0701. The SMILES string of the molecule is Cc1nccn1CC[C@@H](NC(=O)c1n[nH]c2c1CCC2)c1ccccc1. The van der Waals surface area contributed by atoms with Gasteiger partial charge in [-0.1, -0.05) is 30.3 Å². The van der Waals surface area contributed by atoms with Crippen LogP contribution in [0.15, 0.2) is 42.7 Å². The lowest BCUT2D eigenvalue weighted by Crippen LogP contribution is -2.30. The third kappa shape index (κ3) is 3.27. The molecule has 1 aliphatic carbocycles. The zero-order valence-corrected chi connectivity index (χ0v) is 14.9. The number of rotatable bonds is 6. The van der Waals surface area contributed by atoms with Gasteiger partial charge in [0, 0.05) is 30.2 Å². The number of H-pyrrole nitrogens is 1. The third-order valence-electron chi connectivity index (χ3n) is 5.11. The van der Waals surface area contributed by atoms with Crippen LogP contribution in [0.1, 0.15) is 52.0 Å². The van der Waals surface area contributed by atoms with E-state index in [1.54, 1.807) is 6.20 Å². The molecule has 2 aromatic heterocycles. The van der Waals surface area contributed by atoms with Crippen LogP contribution in [0.4, 0.5) is 0 Å². The van der Waals surface area contributed by atoms with E-state index in [1.165, 1.54) is 0 Å². The Labute approximate surface area is 152 Å². The molecular weight excluding hydrogens is 326 g/mol. The average molecular weight is 349 g/mol. The first-order valence-electron chi connectivity index (χ1n) is 9.12. The van der Waals surface area contributed by atoms with Gasteiger partial charge in [0.05, 0.1) is 6.04 Å². The van der Waals surface area contributed by atoms with Crippen molar-refractivity contribution in [1.29, 1.82) is 0 Å². The Bertz CT molecular complexity index is 896. The van der Waals surface area contributed by atoms with E-state index in [4.69, 9.17) is 0 Å². The predicted molar refractivity (Wildman–Crippen MR) is 98.8 cm³/mol. The highest BCUT2D eigenvalue weighted by Crippen LogP contribution is 2.24. The van der Waals surface area contributed by atoms with E-state index in [0.29, 0.717) is 5.69 Å². The van der Waals surface area contributed by atoms with E-state index < -0.39 is 0 Å². The molecule has 0 radical (unpaired) electrons. The molecule has 0 aliphatic heterocycles.